The van der Waals surface area contributed by atoms with Crippen molar-refractivity contribution < 1.29 is 9.47 Å². The summed E-state index contributed by atoms with van der Waals surface area (Å²) in [6, 6.07) is 8.23. The van der Waals surface area contributed by atoms with Crippen LogP contribution in [0.2, 0.25) is 0 Å². The zero-order valence-electron chi connectivity index (χ0n) is 10.3. The van der Waals surface area contributed by atoms with Gasteiger partial charge in [-0.2, -0.15) is 0 Å². The van der Waals surface area contributed by atoms with E-state index >= 15 is 0 Å². The van der Waals surface area contributed by atoms with Gasteiger partial charge in [-0.15, -0.1) is 0 Å². The summed E-state index contributed by atoms with van der Waals surface area (Å²) in [5, 5.41) is 3.18. The van der Waals surface area contributed by atoms with Gasteiger partial charge in [-0.05, 0) is 51.6 Å². The summed E-state index contributed by atoms with van der Waals surface area (Å²) in [4.78, 5) is 0. The van der Waals surface area contributed by atoms with Crippen LogP contribution in [0.25, 0.3) is 0 Å². The molecule has 16 heavy (non-hydrogen) atoms. The van der Waals surface area contributed by atoms with Crippen molar-refractivity contribution in [3.8, 4) is 11.5 Å². The predicted molar refractivity (Wildman–Crippen MR) is 66.2 cm³/mol. The Morgan fingerprint density at radius 3 is 2.19 bits per heavy atom. The standard InChI is InChI=1S/C13H21NO2/c1-4-15-12-5-7-13(8-6-12)16-10-9-11(2)14-3/h5-8,11,14H,4,9-10H2,1-3H3. The topological polar surface area (TPSA) is 30.5 Å². The van der Waals surface area contributed by atoms with Gasteiger partial charge in [-0.1, -0.05) is 0 Å². The molecule has 0 radical (unpaired) electrons. The molecule has 1 N–H and O–H groups in total. The summed E-state index contributed by atoms with van der Waals surface area (Å²) in [6.45, 7) is 5.54. The fourth-order valence-electron chi connectivity index (χ4n) is 1.30. The Balaban J connectivity index is 2.31. The molecule has 0 fully saturated rings. The average Bonchev–Trinajstić information content (AvgIpc) is 2.31. The van der Waals surface area contributed by atoms with E-state index in [0.29, 0.717) is 12.6 Å². The van der Waals surface area contributed by atoms with Crippen LogP contribution in [0.1, 0.15) is 20.3 Å². The molecule has 3 heteroatoms. The van der Waals surface area contributed by atoms with Crippen molar-refractivity contribution in [2.75, 3.05) is 20.3 Å². The van der Waals surface area contributed by atoms with E-state index in [9.17, 15) is 0 Å². The Kier molecular flexibility index (Phi) is 5.72. The molecule has 90 valence electrons. The smallest absolute Gasteiger partial charge is 0.119 e. The molecular formula is C13H21NO2. The zero-order chi connectivity index (χ0) is 11.8. The lowest BCUT2D eigenvalue weighted by Gasteiger charge is -2.11. The van der Waals surface area contributed by atoms with Gasteiger partial charge in [0.15, 0.2) is 0 Å². The minimum atomic E-state index is 0.489. The maximum absolute atomic E-state index is 5.62. The second-order valence-electron chi connectivity index (χ2n) is 3.73. The maximum Gasteiger partial charge on any atom is 0.119 e. The minimum Gasteiger partial charge on any atom is -0.494 e. The van der Waals surface area contributed by atoms with Crippen molar-refractivity contribution in [2.45, 2.75) is 26.3 Å². The molecule has 0 bridgehead atoms. The molecule has 0 aromatic heterocycles. The van der Waals surface area contributed by atoms with Crippen molar-refractivity contribution in [1.29, 1.82) is 0 Å². The van der Waals surface area contributed by atoms with Crippen LogP contribution in [-0.2, 0) is 0 Å². The molecule has 1 aromatic rings. The van der Waals surface area contributed by atoms with Crippen LogP contribution in [0.4, 0.5) is 0 Å². The van der Waals surface area contributed by atoms with Gasteiger partial charge in [0.25, 0.3) is 0 Å². The van der Waals surface area contributed by atoms with Crippen LogP contribution in [0.3, 0.4) is 0 Å². The van der Waals surface area contributed by atoms with Crippen molar-refractivity contribution >= 4 is 0 Å². The summed E-state index contributed by atoms with van der Waals surface area (Å²) >= 11 is 0. The predicted octanol–water partition coefficient (Wildman–Crippen LogP) is 2.46. The molecule has 1 unspecified atom stereocenters. The number of hydrogen-bond acceptors (Lipinski definition) is 3. The van der Waals surface area contributed by atoms with E-state index < -0.39 is 0 Å². The largest absolute Gasteiger partial charge is 0.494 e. The van der Waals surface area contributed by atoms with Gasteiger partial charge in [-0.25, -0.2) is 0 Å². The molecule has 0 heterocycles. The van der Waals surface area contributed by atoms with Crippen molar-refractivity contribution in [3.63, 3.8) is 0 Å². The molecule has 0 saturated heterocycles. The Bertz CT molecular complexity index is 284. The van der Waals surface area contributed by atoms with E-state index in [1.165, 1.54) is 0 Å². The lowest BCUT2D eigenvalue weighted by molar-refractivity contribution is 0.292. The maximum atomic E-state index is 5.62. The van der Waals surface area contributed by atoms with Crippen LogP contribution in [0.15, 0.2) is 24.3 Å². The zero-order valence-corrected chi connectivity index (χ0v) is 10.3. The Morgan fingerprint density at radius 2 is 1.69 bits per heavy atom. The molecule has 0 amide bonds. The Labute approximate surface area is 97.8 Å². The fraction of sp³-hybridized carbons (Fsp3) is 0.538. The highest BCUT2D eigenvalue weighted by Crippen LogP contribution is 2.17. The number of benzene rings is 1. The van der Waals surface area contributed by atoms with Gasteiger partial charge in [0.1, 0.15) is 11.5 Å². The first-order valence-electron chi connectivity index (χ1n) is 5.79. The van der Waals surface area contributed by atoms with Crippen molar-refractivity contribution in [1.82, 2.24) is 5.32 Å². The third-order valence-electron chi connectivity index (χ3n) is 2.45. The first-order chi connectivity index (χ1) is 7.76. The van der Waals surface area contributed by atoms with Gasteiger partial charge >= 0.3 is 0 Å². The minimum absolute atomic E-state index is 0.489. The molecule has 0 aliphatic heterocycles. The lowest BCUT2D eigenvalue weighted by Crippen LogP contribution is -2.23. The van der Waals surface area contributed by atoms with E-state index in [-0.39, 0.29) is 0 Å². The second kappa shape index (κ2) is 7.12. The third kappa shape index (κ3) is 4.53. The van der Waals surface area contributed by atoms with Crippen molar-refractivity contribution in [3.05, 3.63) is 24.3 Å². The van der Waals surface area contributed by atoms with Crippen LogP contribution in [0.5, 0.6) is 11.5 Å². The van der Waals surface area contributed by atoms with Crippen LogP contribution < -0.4 is 14.8 Å². The monoisotopic (exact) mass is 223 g/mol. The first kappa shape index (κ1) is 12.8. The Morgan fingerprint density at radius 1 is 1.12 bits per heavy atom. The van der Waals surface area contributed by atoms with E-state index in [4.69, 9.17) is 9.47 Å². The Hall–Kier alpha value is -1.22. The second-order valence-corrected chi connectivity index (χ2v) is 3.73. The molecule has 1 atom stereocenters. The molecule has 0 aliphatic carbocycles. The summed E-state index contributed by atoms with van der Waals surface area (Å²) in [5.74, 6) is 1.78. The van der Waals surface area contributed by atoms with Crippen LogP contribution >= 0.6 is 0 Å². The molecule has 0 aliphatic rings. The van der Waals surface area contributed by atoms with Crippen molar-refractivity contribution in [2.24, 2.45) is 0 Å². The van der Waals surface area contributed by atoms with Crippen LogP contribution in [-0.4, -0.2) is 26.3 Å². The number of hydrogen-bond donors (Lipinski definition) is 1. The molecule has 0 spiro atoms. The number of rotatable bonds is 7. The summed E-state index contributed by atoms with van der Waals surface area (Å²) in [7, 11) is 1.96. The van der Waals surface area contributed by atoms with Gasteiger partial charge < -0.3 is 14.8 Å². The van der Waals surface area contributed by atoms with Gasteiger partial charge in [0, 0.05) is 6.04 Å². The van der Waals surface area contributed by atoms with Gasteiger partial charge in [0.05, 0.1) is 13.2 Å². The molecule has 3 nitrogen and oxygen atoms in total. The molecule has 0 saturated carbocycles. The van der Waals surface area contributed by atoms with Crippen LogP contribution in [0, 0.1) is 0 Å². The highest BCUT2D eigenvalue weighted by molar-refractivity contribution is 5.31. The number of nitrogens with one attached hydrogen (secondary N) is 1. The summed E-state index contributed by atoms with van der Waals surface area (Å²) in [6.07, 6.45) is 1.00. The third-order valence-corrected chi connectivity index (χ3v) is 2.45. The number of ether oxygens (including phenoxy) is 2. The SMILES string of the molecule is CCOc1ccc(OCCC(C)NC)cc1. The van der Waals surface area contributed by atoms with E-state index in [1.807, 2.05) is 38.2 Å². The normalized spacial score (nSPS) is 12.2. The first-order valence-corrected chi connectivity index (χ1v) is 5.79. The fourth-order valence-corrected chi connectivity index (χ4v) is 1.30. The quantitative estimate of drug-likeness (QED) is 0.770. The summed E-state index contributed by atoms with van der Waals surface area (Å²) in [5.41, 5.74) is 0. The van der Waals surface area contributed by atoms with E-state index in [2.05, 4.69) is 12.2 Å². The average molecular weight is 223 g/mol. The van der Waals surface area contributed by atoms with Gasteiger partial charge in [-0.3, -0.25) is 0 Å². The molecule has 1 rings (SSSR count). The lowest BCUT2D eigenvalue weighted by atomic mass is 10.2. The molecule has 1 aromatic carbocycles. The van der Waals surface area contributed by atoms with Gasteiger partial charge in [0.2, 0.25) is 0 Å². The highest BCUT2D eigenvalue weighted by Gasteiger charge is 1.99. The molecular weight excluding hydrogens is 202 g/mol. The summed E-state index contributed by atoms with van der Waals surface area (Å²) < 4.78 is 11.0. The highest BCUT2D eigenvalue weighted by atomic mass is 16.5. The van der Waals surface area contributed by atoms with E-state index in [1.54, 1.807) is 0 Å². The van der Waals surface area contributed by atoms with E-state index in [0.717, 1.165) is 24.5 Å².